The highest BCUT2D eigenvalue weighted by Crippen LogP contribution is 2.40. The highest BCUT2D eigenvalue weighted by atomic mass is 16.3. The van der Waals surface area contributed by atoms with E-state index < -0.39 is 0 Å². The van der Waals surface area contributed by atoms with Gasteiger partial charge >= 0.3 is 0 Å². The maximum atomic E-state index is 9.74. The molecule has 2 aromatic rings. The van der Waals surface area contributed by atoms with Crippen molar-refractivity contribution in [2.24, 2.45) is 0 Å². The van der Waals surface area contributed by atoms with E-state index in [9.17, 15) is 30.6 Å². The van der Waals surface area contributed by atoms with Gasteiger partial charge in [-0.25, -0.2) is 0 Å². The molecule has 6 N–H and O–H groups in total. The van der Waals surface area contributed by atoms with Crippen molar-refractivity contribution in [2.45, 2.75) is 60.3 Å². The van der Waals surface area contributed by atoms with Gasteiger partial charge in [0.1, 0.15) is 34.5 Å². The van der Waals surface area contributed by atoms with E-state index in [1.54, 1.807) is 27.7 Å². The summed E-state index contributed by atoms with van der Waals surface area (Å²) in [7, 11) is 0. The summed E-state index contributed by atoms with van der Waals surface area (Å²) >= 11 is 0. The lowest BCUT2D eigenvalue weighted by molar-refractivity contribution is 0.411. The van der Waals surface area contributed by atoms with Gasteiger partial charge in [0.15, 0.2) is 0 Å². The Morgan fingerprint density at radius 3 is 1.44 bits per heavy atom. The second-order valence-corrected chi connectivity index (χ2v) is 6.74. The molecule has 0 aliphatic rings. The van der Waals surface area contributed by atoms with Gasteiger partial charge < -0.3 is 30.6 Å². The molecule has 0 aliphatic heterocycles. The average molecular weight is 378 g/mol. The summed E-state index contributed by atoms with van der Waals surface area (Å²) in [6.07, 6.45) is 3.74. The van der Waals surface area contributed by atoms with Gasteiger partial charge in [-0.1, -0.05) is 19.8 Å². The summed E-state index contributed by atoms with van der Waals surface area (Å²) in [5, 5.41) is 56.8. The number of aromatic hydroxyl groups is 6. The minimum Gasteiger partial charge on any atom is -0.507 e. The predicted molar refractivity (Wildman–Crippen MR) is 105 cm³/mol. The molecule has 0 bridgehead atoms. The first-order valence-corrected chi connectivity index (χ1v) is 8.98. The van der Waals surface area contributed by atoms with E-state index >= 15 is 0 Å². The van der Waals surface area contributed by atoms with E-state index in [0.717, 1.165) is 19.3 Å². The van der Waals surface area contributed by atoms with Gasteiger partial charge in [-0.15, -0.1) is 0 Å². The Morgan fingerprint density at radius 2 is 1.04 bits per heavy atom. The molecule has 0 amide bonds. The Bertz CT molecular complexity index is 706. The Morgan fingerprint density at radius 1 is 0.593 bits per heavy atom. The Hall–Kier alpha value is -2.76. The molecule has 0 saturated carbocycles. The maximum absolute atomic E-state index is 9.74. The quantitative estimate of drug-likeness (QED) is 0.433. The molecule has 27 heavy (non-hydrogen) atoms. The fourth-order valence-electron chi connectivity index (χ4n) is 2.77. The van der Waals surface area contributed by atoms with E-state index in [0.29, 0.717) is 34.2 Å². The fraction of sp³-hybridized carbons (Fsp3) is 0.429. The monoisotopic (exact) mass is 378 g/mol. The SMILES string of the molecule is CCCCCc1c(O)cc(O)c(C)c1O.Cc1c(O)c(C)c(O)c(C)c1O. The molecule has 2 rings (SSSR count). The number of phenols is 6. The number of hydrogen-bond donors (Lipinski definition) is 6. The minimum absolute atomic E-state index is 0.0172. The number of rotatable bonds is 4. The lowest BCUT2D eigenvalue weighted by Gasteiger charge is -2.10. The van der Waals surface area contributed by atoms with Crippen LogP contribution in [-0.2, 0) is 6.42 Å². The first-order chi connectivity index (χ1) is 12.5. The first kappa shape index (κ1) is 22.3. The third-order valence-corrected chi connectivity index (χ3v) is 4.77. The summed E-state index contributed by atoms with van der Waals surface area (Å²) in [5.74, 6) is -0.207. The van der Waals surface area contributed by atoms with Crippen LogP contribution in [0.15, 0.2) is 6.07 Å². The highest BCUT2D eigenvalue weighted by molar-refractivity contribution is 5.59. The van der Waals surface area contributed by atoms with Gasteiger partial charge in [0.05, 0.1) is 0 Å². The van der Waals surface area contributed by atoms with Gasteiger partial charge in [0.2, 0.25) is 0 Å². The molecule has 0 saturated heterocycles. The lowest BCUT2D eigenvalue weighted by atomic mass is 10.0. The Kier molecular flexibility index (Phi) is 7.64. The predicted octanol–water partition coefficient (Wildman–Crippen LogP) is 4.57. The van der Waals surface area contributed by atoms with Gasteiger partial charge in [-0.05, 0) is 40.5 Å². The minimum atomic E-state index is -0.0655. The Labute approximate surface area is 160 Å². The number of benzene rings is 2. The first-order valence-electron chi connectivity index (χ1n) is 8.98. The molecule has 0 unspecified atom stereocenters. The zero-order valence-corrected chi connectivity index (χ0v) is 16.6. The summed E-state index contributed by atoms with van der Waals surface area (Å²) in [5.41, 5.74) is 2.19. The zero-order valence-electron chi connectivity index (χ0n) is 16.6. The molecular formula is C21H30O6. The van der Waals surface area contributed by atoms with Gasteiger partial charge in [-0.2, -0.15) is 0 Å². The maximum Gasteiger partial charge on any atom is 0.129 e. The van der Waals surface area contributed by atoms with E-state index in [1.165, 1.54) is 6.07 Å². The van der Waals surface area contributed by atoms with Crippen LogP contribution in [0.25, 0.3) is 0 Å². The molecule has 0 atom stereocenters. The molecule has 0 radical (unpaired) electrons. The van der Waals surface area contributed by atoms with Crippen molar-refractivity contribution in [1.29, 1.82) is 0 Å². The van der Waals surface area contributed by atoms with Crippen LogP contribution in [0.3, 0.4) is 0 Å². The zero-order chi connectivity index (χ0) is 20.9. The second kappa shape index (κ2) is 9.26. The smallest absolute Gasteiger partial charge is 0.129 e. The molecule has 6 heteroatoms. The molecule has 150 valence electrons. The molecule has 2 aromatic carbocycles. The number of unbranched alkanes of at least 4 members (excludes halogenated alkanes) is 2. The summed E-state index contributed by atoms with van der Waals surface area (Å²) in [6, 6.07) is 1.29. The van der Waals surface area contributed by atoms with Crippen molar-refractivity contribution >= 4 is 0 Å². The van der Waals surface area contributed by atoms with Crippen LogP contribution in [0.1, 0.15) is 54.0 Å². The molecule has 0 fully saturated rings. The van der Waals surface area contributed by atoms with Crippen molar-refractivity contribution in [2.75, 3.05) is 0 Å². The second-order valence-electron chi connectivity index (χ2n) is 6.74. The lowest BCUT2D eigenvalue weighted by Crippen LogP contribution is -1.90. The van der Waals surface area contributed by atoms with Crippen LogP contribution in [-0.4, -0.2) is 30.6 Å². The van der Waals surface area contributed by atoms with E-state index in [2.05, 4.69) is 6.92 Å². The molecular weight excluding hydrogens is 348 g/mol. The summed E-state index contributed by atoms with van der Waals surface area (Å²) in [6.45, 7) is 8.54. The fourth-order valence-corrected chi connectivity index (χ4v) is 2.77. The molecule has 0 aromatic heterocycles. The van der Waals surface area contributed by atoms with Crippen molar-refractivity contribution in [3.05, 3.63) is 33.9 Å². The molecule has 0 heterocycles. The van der Waals surface area contributed by atoms with Crippen molar-refractivity contribution in [1.82, 2.24) is 0 Å². The van der Waals surface area contributed by atoms with Crippen LogP contribution in [0.4, 0.5) is 0 Å². The van der Waals surface area contributed by atoms with E-state index in [4.69, 9.17) is 0 Å². The normalized spacial score (nSPS) is 10.4. The van der Waals surface area contributed by atoms with Crippen molar-refractivity contribution < 1.29 is 30.6 Å². The van der Waals surface area contributed by atoms with Gasteiger partial charge in [0.25, 0.3) is 0 Å². The third kappa shape index (κ3) is 4.90. The number of hydrogen-bond acceptors (Lipinski definition) is 6. The standard InChI is InChI=1S/C12H18O3.C9H12O3/c1-3-4-5-6-9-11(14)7-10(13)8(2)12(9)15;1-4-7(10)5(2)9(12)6(3)8(4)11/h7,13-15H,3-6H2,1-2H3;10-12H,1-3H3. The third-order valence-electron chi connectivity index (χ3n) is 4.77. The van der Waals surface area contributed by atoms with Crippen LogP contribution in [0, 0.1) is 27.7 Å². The van der Waals surface area contributed by atoms with Gasteiger partial charge in [-0.3, -0.25) is 0 Å². The van der Waals surface area contributed by atoms with Crippen LogP contribution in [0.5, 0.6) is 34.5 Å². The van der Waals surface area contributed by atoms with E-state index in [1.807, 2.05) is 0 Å². The van der Waals surface area contributed by atoms with Crippen LogP contribution >= 0.6 is 0 Å². The highest BCUT2D eigenvalue weighted by Gasteiger charge is 2.15. The Balaban J connectivity index is 0.000000277. The summed E-state index contributed by atoms with van der Waals surface area (Å²) in [4.78, 5) is 0. The van der Waals surface area contributed by atoms with Crippen molar-refractivity contribution in [3.63, 3.8) is 0 Å². The van der Waals surface area contributed by atoms with Crippen molar-refractivity contribution in [3.8, 4) is 34.5 Å². The van der Waals surface area contributed by atoms with Gasteiger partial charge in [0, 0.05) is 33.9 Å². The summed E-state index contributed by atoms with van der Waals surface area (Å²) < 4.78 is 0. The number of phenolic OH excluding ortho intramolecular Hbond substituents is 6. The molecule has 6 nitrogen and oxygen atoms in total. The largest absolute Gasteiger partial charge is 0.507 e. The van der Waals surface area contributed by atoms with Crippen LogP contribution < -0.4 is 0 Å². The topological polar surface area (TPSA) is 121 Å². The molecule has 0 aliphatic carbocycles. The van der Waals surface area contributed by atoms with E-state index in [-0.39, 0.29) is 34.5 Å². The van der Waals surface area contributed by atoms with Crippen LogP contribution in [0.2, 0.25) is 0 Å². The molecule has 0 spiro atoms. The average Bonchev–Trinajstić information content (AvgIpc) is 2.64.